The third-order valence-corrected chi connectivity index (χ3v) is 12.5. The molecule has 3 heterocycles. The number of hydrogen-bond acceptors (Lipinski definition) is 7. The van der Waals surface area contributed by atoms with Crippen LogP contribution in [0.15, 0.2) is 82.6 Å². The zero-order chi connectivity index (χ0) is 33.5. The molecule has 4 aliphatic rings. The third-order valence-electron chi connectivity index (χ3n) is 9.92. The zero-order valence-electron chi connectivity index (χ0n) is 24.7. The Morgan fingerprint density at radius 2 is 1.62 bits per heavy atom. The first-order valence-electron chi connectivity index (χ1n) is 15.2. The van der Waals surface area contributed by atoms with Crippen molar-refractivity contribution in [3.63, 3.8) is 0 Å². The average molecular weight is 696 g/mol. The summed E-state index contributed by atoms with van der Waals surface area (Å²) in [4.78, 5) is 57.5. The number of imide groups is 1. The molecule has 0 spiro atoms. The van der Waals surface area contributed by atoms with Crippen molar-refractivity contribution in [1.29, 1.82) is 0 Å². The minimum atomic E-state index is -4.76. The number of para-hydroxylation sites is 2. The zero-order valence-corrected chi connectivity index (χ0v) is 26.3. The normalized spacial score (nSPS) is 27.1. The van der Waals surface area contributed by atoms with E-state index in [1.807, 2.05) is 12.1 Å². The Morgan fingerprint density at radius 3 is 2.38 bits per heavy atom. The fraction of sp³-hybridized carbons (Fsp3) is 0.294. The molecule has 1 saturated heterocycles. The van der Waals surface area contributed by atoms with E-state index in [0.717, 1.165) is 33.2 Å². The second kappa shape index (κ2) is 11.3. The molecular weight excluding hydrogens is 671 g/mol. The number of hydrogen-bond donors (Lipinski definition) is 2. The van der Waals surface area contributed by atoms with Crippen molar-refractivity contribution in [2.45, 2.75) is 28.8 Å². The van der Waals surface area contributed by atoms with Crippen LogP contribution in [0.2, 0.25) is 0 Å². The van der Waals surface area contributed by atoms with E-state index in [4.69, 9.17) is 4.74 Å². The number of nitrogens with one attached hydrogen (secondary N) is 2. The highest BCUT2D eigenvalue weighted by molar-refractivity contribution is 8.00. The van der Waals surface area contributed by atoms with Gasteiger partial charge in [0.2, 0.25) is 11.8 Å². The lowest BCUT2D eigenvalue weighted by molar-refractivity contribution is -0.137. The van der Waals surface area contributed by atoms with Crippen LogP contribution in [0.3, 0.4) is 0 Å². The van der Waals surface area contributed by atoms with Crippen LogP contribution in [0.1, 0.15) is 28.3 Å². The maximum absolute atomic E-state index is 14.0. The summed E-state index contributed by atoms with van der Waals surface area (Å²) < 4.78 is 61.3. The first kappa shape index (κ1) is 30.9. The number of halogens is 4. The molecule has 1 aromatic heterocycles. The Kier molecular flexibility index (Phi) is 7.29. The van der Waals surface area contributed by atoms with Crippen molar-refractivity contribution in [3.8, 4) is 5.75 Å². The Bertz CT molecular complexity index is 2030. The van der Waals surface area contributed by atoms with Crippen LogP contribution in [-0.4, -0.2) is 34.6 Å². The predicted molar refractivity (Wildman–Crippen MR) is 169 cm³/mol. The summed E-state index contributed by atoms with van der Waals surface area (Å²) in [6.07, 6.45) is -4.22. The van der Waals surface area contributed by atoms with E-state index in [2.05, 4.69) is 10.3 Å². The largest absolute Gasteiger partial charge is 0.483 e. The lowest BCUT2D eigenvalue weighted by Crippen LogP contribution is -2.42. The van der Waals surface area contributed by atoms with Gasteiger partial charge >= 0.3 is 11.0 Å². The number of thioether (sulfide) groups is 1. The summed E-state index contributed by atoms with van der Waals surface area (Å²) in [5, 5.41) is 3.11. The lowest BCUT2D eigenvalue weighted by Gasteiger charge is -2.43. The number of anilines is 2. The molecule has 2 saturated carbocycles. The summed E-state index contributed by atoms with van der Waals surface area (Å²) >= 11 is 2.50. The number of fused-ring (bicyclic) bond motifs is 9. The number of alkyl halides is 3. The summed E-state index contributed by atoms with van der Waals surface area (Å²) in [7, 11) is 0. The van der Waals surface area contributed by atoms with Crippen LogP contribution in [0, 0.1) is 35.4 Å². The molecule has 8 nitrogen and oxygen atoms in total. The van der Waals surface area contributed by atoms with Crippen molar-refractivity contribution < 1.29 is 36.7 Å². The van der Waals surface area contributed by atoms with Crippen LogP contribution in [0.25, 0.3) is 0 Å². The molecule has 2 aliphatic heterocycles. The number of benzene rings is 3. The Hall–Kier alpha value is -4.43. The number of thiazole rings is 1. The minimum absolute atomic E-state index is 0.205. The molecule has 246 valence electrons. The van der Waals surface area contributed by atoms with Gasteiger partial charge < -0.3 is 15.0 Å². The number of carbonyl (C=O) groups excluding carboxylic acids is 3. The van der Waals surface area contributed by atoms with Crippen LogP contribution < -0.4 is 19.8 Å². The van der Waals surface area contributed by atoms with Crippen molar-refractivity contribution >= 4 is 52.2 Å². The predicted octanol–water partition coefficient (Wildman–Crippen LogP) is 6.29. The van der Waals surface area contributed by atoms with Gasteiger partial charge in [-0.1, -0.05) is 41.7 Å². The van der Waals surface area contributed by atoms with Gasteiger partial charge in [0.1, 0.15) is 11.6 Å². The smallest absolute Gasteiger partial charge is 0.418 e. The van der Waals surface area contributed by atoms with Gasteiger partial charge in [0, 0.05) is 27.3 Å². The fourth-order valence-corrected chi connectivity index (χ4v) is 11.1. The SMILES string of the molecule is O=C(COc1ccccc1[C@H]1c2sc(=O)[nH]c2SC2C1[C@H]1C[C@@H]2C2C(=O)N(c3ccccc3C(F)(F)F)C(=O)C21)Nc1ccc(F)cc1. The minimum Gasteiger partial charge on any atom is -0.483 e. The molecule has 48 heavy (non-hydrogen) atoms. The van der Waals surface area contributed by atoms with Gasteiger partial charge in [-0.3, -0.25) is 19.2 Å². The molecule has 4 unspecified atom stereocenters. The van der Waals surface area contributed by atoms with E-state index in [1.54, 1.807) is 12.1 Å². The molecule has 3 amide bonds. The lowest BCUT2D eigenvalue weighted by atomic mass is 9.68. The second-order valence-corrected chi connectivity index (χ2v) is 14.6. The van der Waals surface area contributed by atoms with E-state index in [-0.39, 0.29) is 34.5 Å². The van der Waals surface area contributed by atoms with Crippen LogP contribution in [0.4, 0.5) is 28.9 Å². The summed E-state index contributed by atoms with van der Waals surface area (Å²) in [5.41, 5.74) is -0.412. The number of aromatic amines is 1. The van der Waals surface area contributed by atoms with Gasteiger partial charge in [0.05, 0.1) is 28.1 Å². The van der Waals surface area contributed by atoms with Gasteiger partial charge in [-0.25, -0.2) is 9.29 Å². The van der Waals surface area contributed by atoms with E-state index in [9.17, 15) is 36.7 Å². The van der Waals surface area contributed by atoms with Crippen molar-refractivity contribution in [3.05, 3.63) is 104 Å². The third kappa shape index (κ3) is 4.87. The number of carbonyl (C=O) groups is 3. The molecule has 7 atom stereocenters. The van der Waals surface area contributed by atoms with Crippen molar-refractivity contribution in [2.75, 3.05) is 16.8 Å². The number of H-pyrrole nitrogens is 1. The highest BCUT2D eigenvalue weighted by Gasteiger charge is 2.70. The topological polar surface area (TPSA) is 109 Å². The first-order valence-corrected chi connectivity index (χ1v) is 16.9. The molecule has 0 radical (unpaired) electrons. The van der Waals surface area contributed by atoms with E-state index in [0.29, 0.717) is 28.4 Å². The number of amides is 3. The number of rotatable bonds is 6. The Morgan fingerprint density at radius 1 is 0.938 bits per heavy atom. The van der Waals surface area contributed by atoms with Gasteiger partial charge in [0.25, 0.3) is 5.91 Å². The highest BCUT2D eigenvalue weighted by Crippen LogP contribution is 2.69. The van der Waals surface area contributed by atoms with Gasteiger partial charge in [0.15, 0.2) is 6.61 Å². The number of aromatic nitrogens is 1. The van der Waals surface area contributed by atoms with Crippen molar-refractivity contribution in [1.82, 2.24) is 4.98 Å². The number of ether oxygens (including phenoxy) is 1. The Labute approximate surface area is 278 Å². The molecule has 2 N–H and O–H groups in total. The molecule has 8 rings (SSSR count). The maximum Gasteiger partial charge on any atom is 0.418 e. The van der Waals surface area contributed by atoms with Crippen LogP contribution >= 0.6 is 23.1 Å². The van der Waals surface area contributed by atoms with E-state index < -0.39 is 58.7 Å². The molecule has 2 bridgehead atoms. The second-order valence-electron chi connectivity index (χ2n) is 12.4. The van der Waals surface area contributed by atoms with Gasteiger partial charge in [-0.15, -0.1) is 11.8 Å². The van der Waals surface area contributed by atoms with E-state index >= 15 is 0 Å². The molecule has 2 aliphatic carbocycles. The van der Waals surface area contributed by atoms with Crippen molar-refractivity contribution in [2.24, 2.45) is 29.6 Å². The molecule has 3 aromatic carbocycles. The summed E-state index contributed by atoms with van der Waals surface area (Å²) in [6.45, 7) is -0.364. The summed E-state index contributed by atoms with van der Waals surface area (Å²) in [5.74, 6) is -4.69. The molecule has 4 aromatic rings. The standard InChI is InChI=1S/C34H25F4N3O5S2/c35-15-9-11-16(12-10-15)39-23(42)14-46-22-8-4-1-5-17(22)24-25-18-13-19(28(25)47-30-29(24)48-33(45)40-30)27-26(18)31(43)41(32(27)44)21-7-3-2-6-20(21)34(36,37)38/h1-12,18-19,24-28H,13-14H2,(H,39,42)(H,40,45)/t18-,19-,24-,25?,26?,27?,28?/m1/s1. The molecular formula is C34H25F4N3O5S2. The van der Waals surface area contributed by atoms with Gasteiger partial charge in [-0.2, -0.15) is 13.2 Å². The van der Waals surface area contributed by atoms with Crippen LogP contribution in [0.5, 0.6) is 5.75 Å². The number of nitrogens with zero attached hydrogens (tertiary/aromatic N) is 1. The Balaban J connectivity index is 1.13. The molecule has 3 fully saturated rings. The average Bonchev–Trinajstić information content (AvgIpc) is 3.79. The monoisotopic (exact) mass is 695 g/mol. The summed E-state index contributed by atoms with van der Waals surface area (Å²) in [6, 6.07) is 17.0. The first-order chi connectivity index (χ1) is 23.0. The fourth-order valence-electron chi connectivity index (χ4n) is 8.25. The van der Waals surface area contributed by atoms with Crippen LogP contribution in [-0.2, 0) is 20.6 Å². The van der Waals surface area contributed by atoms with E-state index in [1.165, 1.54) is 48.2 Å². The van der Waals surface area contributed by atoms with Gasteiger partial charge in [-0.05, 0) is 66.6 Å². The highest BCUT2D eigenvalue weighted by atomic mass is 32.2. The molecule has 14 heteroatoms. The maximum atomic E-state index is 14.0. The quantitative estimate of drug-likeness (QED) is 0.181.